The molecule has 0 radical (unpaired) electrons. The SMILES string of the molecule is CSc1ccc(OC(=O)N2CCc3cc(-c4cc(C(=O)N(C)c5ccccc5)c(C)n4C)c(C(=O)N4Cc5ccccc5C[C@H]4CN4CCOCC4)cc3C2)cc1. The van der Waals surface area contributed by atoms with Crippen LogP contribution in [0.5, 0.6) is 5.75 Å². The number of hydrogen-bond donors (Lipinski definition) is 0. The molecule has 4 aromatic carbocycles. The van der Waals surface area contributed by atoms with Gasteiger partial charge in [0.1, 0.15) is 5.75 Å². The third-order valence-electron chi connectivity index (χ3n) is 11.8. The molecule has 0 bridgehead atoms. The van der Waals surface area contributed by atoms with Crippen molar-refractivity contribution in [3.05, 3.63) is 136 Å². The van der Waals surface area contributed by atoms with E-state index in [1.54, 1.807) is 28.6 Å². The van der Waals surface area contributed by atoms with Crippen LogP contribution in [0, 0.1) is 6.92 Å². The molecule has 0 spiro atoms. The Morgan fingerprint density at radius 2 is 1.54 bits per heavy atom. The summed E-state index contributed by atoms with van der Waals surface area (Å²) in [5.41, 5.74) is 8.71. The fraction of sp³-hybridized carbons (Fsp3) is 0.326. The fourth-order valence-corrected chi connectivity index (χ4v) is 8.72. The van der Waals surface area contributed by atoms with Gasteiger partial charge in [0.15, 0.2) is 0 Å². The first-order chi connectivity index (χ1) is 27.7. The van der Waals surface area contributed by atoms with Crippen LogP contribution in [0.25, 0.3) is 11.3 Å². The Hall–Kier alpha value is -5.36. The molecule has 1 aromatic heterocycles. The first-order valence-corrected chi connectivity index (χ1v) is 20.8. The molecule has 0 aliphatic carbocycles. The summed E-state index contributed by atoms with van der Waals surface area (Å²) in [6.45, 7) is 7.00. The van der Waals surface area contributed by atoms with Crippen LogP contribution in [-0.2, 0) is 37.7 Å². The number of nitrogens with zero attached hydrogens (tertiary/aromatic N) is 5. The second-order valence-corrected chi connectivity index (χ2v) is 16.0. The zero-order valence-corrected chi connectivity index (χ0v) is 33.9. The number of para-hydroxylation sites is 1. The van der Waals surface area contributed by atoms with Crippen molar-refractivity contribution in [1.82, 2.24) is 19.3 Å². The summed E-state index contributed by atoms with van der Waals surface area (Å²) in [4.78, 5) is 51.8. The van der Waals surface area contributed by atoms with E-state index in [0.717, 1.165) is 70.3 Å². The van der Waals surface area contributed by atoms with E-state index >= 15 is 4.79 Å². The van der Waals surface area contributed by atoms with Gasteiger partial charge in [0.25, 0.3) is 11.8 Å². The summed E-state index contributed by atoms with van der Waals surface area (Å²) in [5.74, 6) is 0.304. The zero-order chi connectivity index (χ0) is 39.6. The summed E-state index contributed by atoms with van der Waals surface area (Å²) < 4.78 is 13.5. The summed E-state index contributed by atoms with van der Waals surface area (Å²) in [6, 6.07) is 31.5. The number of thioether (sulfide) groups is 1. The molecule has 3 aliphatic heterocycles. The van der Waals surface area contributed by atoms with Crippen LogP contribution in [0.1, 0.15) is 48.7 Å². The lowest BCUT2D eigenvalue weighted by Gasteiger charge is -2.41. The average Bonchev–Trinajstić information content (AvgIpc) is 3.55. The average molecular weight is 784 g/mol. The monoisotopic (exact) mass is 783 g/mol. The Kier molecular flexibility index (Phi) is 11.2. The normalized spacial score (nSPS) is 16.8. The number of amides is 3. The summed E-state index contributed by atoms with van der Waals surface area (Å²) >= 11 is 1.63. The summed E-state index contributed by atoms with van der Waals surface area (Å²) in [7, 11) is 3.75. The minimum absolute atomic E-state index is 0.0508. The van der Waals surface area contributed by atoms with Crippen molar-refractivity contribution in [2.45, 2.75) is 43.8 Å². The molecule has 0 unspecified atom stereocenters. The van der Waals surface area contributed by atoms with Crippen LogP contribution >= 0.6 is 11.8 Å². The van der Waals surface area contributed by atoms with Gasteiger partial charge in [0.2, 0.25) is 0 Å². The minimum Gasteiger partial charge on any atom is -0.410 e. The van der Waals surface area contributed by atoms with Gasteiger partial charge in [-0.1, -0.05) is 42.5 Å². The van der Waals surface area contributed by atoms with Gasteiger partial charge in [0, 0.05) is 92.5 Å². The summed E-state index contributed by atoms with van der Waals surface area (Å²) in [6.07, 6.45) is 2.94. The molecule has 5 aromatic rings. The third kappa shape index (κ3) is 7.97. The highest BCUT2D eigenvalue weighted by Crippen LogP contribution is 2.36. The number of morpholine rings is 1. The van der Waals surface area contributed by atoms with Crippen molar-refractivity contribution in [2.75, 3.05) is 57.6 Å². The topological polar surface area (TPSA) is 87.6 Å². The van der Waals surface area contributed by atoms with Crippen molar-refractivity contribution in [2.24, 2.45) is 7.05 Å². The van der Waals surface area contributed by atoms with E-state index in [1.165, 1.54) is 5.56 Å². The molecule has 0 N–H and O–H groups in total. The van der Waals surface area contributed by atoms with Crippen LogP contribution in [0.15, 0.2) is 102 Å². The maximum absolute atomic E-state index is 15.4. The number of ether oxygens (including phenoxy) is 2. The van der Waals surface area contributed by atoms with E-state index in [0.29, 0.717) is 56.1 Å². The number of fused-ring (bicyclic) bond motifs is 2. The Balaban J connectivity index is 1.18. The van der Waals surface area contributed by atoms with Crippen LogP contribution in [-0.4, -0.2) is 95.9 Å². The number of benzene rings is 4. The van der Waals surface area contributed by atoms with Gasteiger partial charge in [-0.2, -0.15) is 0 Å². The highest BCUT2D eigenvalue weighted by atomic mass is 32.2. The first kappa shape index (κ1) is 38.5. The van der Waals surface area contributed by atoms with Crippen LogP contribution in [0.3, 0.4) is 0 Å². The maximum Gasteiger partial charge on any atom is 0.415 e. The smallest absolute Gasteiger partial charge is 0.410 e. The molecule has 3 aliphatic rings. The molecule has 1 atom stereocenters. The quantitative estimate of drug-likeness (QED) is 0.151. The molecule has 8 rings (SSSR count). The molecule has 10 nitrogen and oxygen atoms in total. The molecule has 1 fully saturated rings. The van der Waals surface area contributed by atoms with E-state index in [-0.39, 0.29) is 17.9 Å². The third-order valence-corrected chi connectivity index (χ3v) is 12.5. The Bertz CT molecular complexity index is 2280. The van der Waals surface area contributed by atoms with Crippen molar-refractivity contribution in [3.63, 3.8) is 0 Å². The van der Waals surface area contributed by atoms with Gasteiger partial charge in [-0.3, -0.25) is 14.5 Å². The van der Waals surface area contributed by atoms with Crippen LogP contribution < -0.4 is 9.64 Å². The second kappa shape index (κ2) is 16.6. The molecule has 0 saturated carbocycles. The fourth-order valence-electron chi connectivity index (χ4n) is 8.31. The Morgan fingerprint density at radius 1 is 0.825 bits per heavy atom. The zero-order valence-electron chi connectivity index (χ0n) is 33.1. The Morgan fingerprint density at radius 3 is 2.28 bits per heavy atom. The van der Waals surface area contributed by atoms with Gasteiger partial charge in [-0.15, -0.1) is 11.8 Å². The van der Waals surface area contributed by atoms with Gasteiger partial charge < -0.3 is 28.7 Å². The predicted molar refractivity (Wildman–Crippen MR) is 224 cm³/mol. The van der Waals surface area contributed by atoms with Gasteiger partial charge in [-0.25, -0.2) is 4.79 Å². The number of carbonyl (C=O) groups excluding carboxylic acids is 3. The lowest BCUT2D eigenvalue weighted by atomic mass is 9.89. The number of carbonyl (C=O) groups is 3. The maximum atomic E-state index is 15.4. The highest BCUT2D eigenvalue weighted by Gasteiger charge is 2.35. The van der Waals surface area contributed by atoms with E-state index < -0.39 is 6.09 Å². The number of anilines is 1. The second-order valence-electron chi connectivity index (χ2n) is 15.1. The predicted octanol–water partition coefficient (Wildman–Crippen LogP) is 7.46. The molecule has 294 valence electrons. The van der Waals surface area contributed by atoms with Crippen molar-refractivity contribution < 1.29 is 23.9 Å². The van der Waals surface area contributed by atoms with Crippen LogP contribution in [0.2, 0.25) is 0 Å². The van der Waals surface area contributed by atoms with E-state index in [2.05, 4.69) is 29.2 Å². The highest BCUT2D eigenvalue weighted by molar-refractivity contribution is 7.98. The van der Waals surface area contributed by atoms with Crippen LogP contribution in [0.4, 0.5) is 10.5 Å². The molecular weight excluding hydrogens is 735 g/mol. The number of hydrogen-bond acceptors (Lipinski definition) is 7. The molecular formula is C46H49N5O5S. The van der Waals surface area contributed by atoms with E-state index in [4.69, 9.17) is 9.47 Å². The molecule has 11 heteroatoms. The van der Waals surface area contributed by atoms with Gasteiger partial charge >= 0.3 is 6.09 Å². The number of aromatic nitrogens is 1. The Labute approximate surface area is 339 Å². The number of rotatable bonds is 8. The largest absolute Gasteiger partial charge is 0.415 e. The van der Waals surface area contributed by atoms with E-state index in [1.807, 2.05) is 102 Å². The molecule has 57 heavy (non-hydrogen) atoms. The minimum atomic E-state index is -0.420. The molecule has 4 heterocycles. The lowest BCUT2D eigenvalue weighted by Crippen LogP contribution is -2.52. The van der Waals surface area contributed by atoms with Gasteiger partial charge in [0.05, 0.1) is 18.8 Å². The molecule has 1 saturated heterocycles. The van der Waals surface area contributed by atoms with Crippen molar-refractivity contribution in [1.29, 1.82) is 0 Å². The lowest BCUT2D eigenvalue weighted by molar-refractivity contribution is 0.0193. The van der Waals surface area contributed by atoms with Crippen molar-refractivity contribution >= 4 is 35.4 Å². The summed E-state index contributed by atoms with van der Waals surface area (Å²) in [5, 5.41) is 0. The standard InChI is InChI=1S/C46H49N5O5S/c1-31-40(44(52)48(3)36-12-6-5-7-13-36)27-43(47(31)2)41-25-33-18-19-50(46(54)56-38-14-16-39(57-4)17-15-38)28-35(33)26-42(41)45(53)51-29-34-11-9-8-10-32(34)24-37(51)30-49-20-22-55-23-21-49/h5-17,25-27,37H,18-24,28-30H2,1-4H3/t37-/m0/s1. The van der Waals surface area contributed by atoms with Gasteiger partial charge in [-0.05, 0) is 103 Å². The van der Waals surface area contributed by atoms with Crippen molar-refractivity contribution in [3.8, 4) is 17.0 Å². The molecule has 3 amide bonds. The first-order valence-electron chi connectivity index (χ1n) is 19.6. The van der Waals surface area contributed by atoms with E-state index in [9.17, 15) is 9.59 Å².